The first-order valence-corrected chi connectivity index (χ1v) is 6.22. The van der Waals surface area contributed by atoms with Crippen molar-refractivity contribution in [2.45, 2.75) is 27.2 Å². The Morgan fingerprint density at radius 3 is 2.71 bits per heavy atom. The highest BCUT2D eigenvalue weighted by Gasteiger charge is 2.05. The van der Waals surface area contributed by atoms with Crippen molar-refractivity contribution >= 4 is 17.0 Å². The van der Waals surface area contributed by atoms with Crippen LogP contribution >= 0.6 is 0 Å². The monoisotopic (exact) mass is 225 g/mol. The SMILES string of the molecule is C/C=C/c1cc(CC(C)C)c2ccccc2n1. The molecule has 0 amide bonds. The number of rotatable bonds is 3. The van der Waals surface area contributed by atoms with Gasteiger partial charge in [0.1, 0.15) is 0 Å². The zero-order valence-electron chi connectivity index (χ0n) is 10.8. The van der Waals surface area contributed by atoms with E-state index in [0.717, 1.165) is 17.6 Å². The maximum atomic E-state index is 4.65. The summed E-state index contributed by atoms with van der Waals surface area (Å²) < 4.78 is 0. The van der Waals surface area contributed by atoms with Crippen LogP contribution in [0.25, 0.3) is 17.0 Å². The van der Waals surface area contributed by atoms with Gasteiger partial charge in [0.25, 0.3) is 0 Å². The van der Waals surface area contributed by atoms with Crippen molar-refractivity contribution in [2.75, 3.05) is 0 Å². The Bertz CT molecular complexity index is 538. The fourth-order valence-electron chi connectivity index (χ4n) is 2.14. The lowest BCUT2D eigenvalue weighted by molar-refractivity contribution is 0.650. The molecule has 2 aromatic rings. The minimum atomic E-state index is 0.666. The molecular formula is C16H19N. The standard InChI is InChI=1S/C16H19N/c1-4-7-14-11-13(10-12(2)3)15-8-5-6-9-16(15)17-14/h4-9,11-12H,10H2,1-3H3/b7-4+. The lowest BCUT2D eigenvalue weighted by atomic mass is 9.98. The lowest BCUT2D eigenvalue weighted by Crippen LogP contribution is -1.97. The number of hydrogen-bond donors (Lipinski definition) is 0. The smallest absolute Gasteiger partial charge is 0.0712 e. The van der Waals surface area contributed by atoms with Gasteiger partial charge in [0.15, 0.2) is 0 Å². The van der Waals surface area contributed by atoms with Crippen LogP contribution in [-0.2, 0) is 6.42 Å². The lowest BCUT2D eigenvalue weighted by Gasteiger charge is -2.10. The number of nitrogens with zero attached hydrogens (tertiary/aromatic N) is 1. The fraction of sp³-hybridized carbons (Fsp3) is 0.312. The van der Waals surface area contributed by atoms with E-state index >= 15 is 0 Å². The highest BCUT2D eigenvalue weighted by molar-refractivity contribution is 5.83. The molecule has 88 valence electrons. The van der Waals surface area contributed by atoms with Crippen molar-refractivity contribution in [1.82, 2.24) is 4.98 Å². The van der Waals surface area contributed by atoms with E-state index < -0.39 is 0 Å². The van der Waals surface area contributed by atoms with Crippen LogP contribution in [0.15, 0.2) is 36.4 Å². The van der Waals surface area contributed by atoms with E-state index in [2.05, 4.69) is 49.2 Å². The molecule has 0 saturated heterocycles. The summed E-state index contributed by atoms with van der Waals surface area (Å²) >= 11 is 0. The zero-order valence-corrected chi connectivity index (χ0v) is 10.8. The summed E-state index contributed by atoms with van der Waals surface area (Å²) in [4.78, 5) is 4.65. The van der Waals surface area contributed by atoms with Crippen molar-refractivity contribution in [2.24, 2.45) is 5.92 Å². The molecule has 0 unspecified atom stereocenters. The molecule has 0 spiro atoms. The predicted octanol–water partition coefficient (Wildman–Crippen LogP) is 4.47. The summed E-state index contributed by atoms with van der Waals surface area (Å²) in [5.74, 6) is 0.666. The molecule has 1 aromatic carbocycles. The van der Waals surface area contributed by atoms with E-state index in [-0.39, 0.29) is 0 Å². The minimum absolute atomic E-state index is 0.666. The quantitative estimate of drug-likeness (QED) is 0.751. The van der Waals surface area contributed by atoms with Crippen molar-refractivity contribution in [3.8, 4) is 0 Å². The van der Waals surface area contributed by atoms with Crippen molar-refractivity contribution in [3.63, 3.8) is 0 Å². The maximum Gasteiger partial charge on any atom is 0.0712 e. The van der Waals surface area contributed by atoms with Crippen molar-refractivity contribution in [3.05, 3.63) is 47.7 Å². The number of para-hydroxylation sites is 1. The van der Waals surface area contributed by atoms with Crippen LogP contribution in [0.1, 0.15) is 32.0 Å². The van der Waals surface area contributed by atoms with Gasteiger partial charge in [0.05, 0.1) is 11.2 Å². The first-order chi connectivity index (χ1) is 8.20. The number of pyridine rings is 1. The number of allylic oxidation sites excluding steroid dienone is 1. The van der Waals surface area contributed by atoms with Gasteiger partial charge in [0.2, 0.25) is 0 Å². The van der Waals surface area contributed by atoms with E-state index in [4.69, 9.17) is 0 Å². The van der Waals surface area contributed by atoms with Crippen LogP contribution in [0.2, 0.25) is 0 Å². The minimum Gasteiger partial charge on any atom is -0.248 e. The summed E-state index contributed by atoms with van der Waals surface area (Å²) in [5.41, 5.74) is 3.55. The summed E-state index contributed by atoms with van der Waals surface area (Å²) in [6.45, 7) is 6.54. The third-order valence-corrected chi connectivity index (χ3v) is 2.79. The van der Waals surface area contributed by atoms with E-state index in [1.165, 1.54) is 10.9 Å². The second kappa shape index (κ2) is 5.13. The van der Waals surface area contributed by atoms with Gasteiger partial charge in [-0.25, -0.2) is 4.98 Å². The molecule has 17 heavy (non-hydrogen) atoms. The van der Waals surface area contributed by atoms with Crippen LogP contribution in [0.5, 0.6) is 0 Å². The molecule has 1 nitrogen and oxygen atoms in total. The van der Waals surface area contributed by atoms with Gasteiger partial charge in [-0.3, -0.25) is 0 Å². The number of fused-ring (bicyclic) bond motifs is 1. The molecule has 0 aliphatic heterocycles. The van der Waals surface area contributed by atoms with Gasteiger partial charge in [-0.1, -0.05) is 38.1 Å². The van der Waals surface area contributed by atoms with Crippen LogP contribution in [-0.4, -0.2) is 4.98 Å². The highest BCUT2D eigenvalue weighted by atomic mass is 14.7. The molecule has 0 N–H and O–H groups in total. The summed E-state index contributed by atoms with van der Waals surface area (Å²) in [7, 11) is 0. The Hall–Kier alpha value is -1.63. The summed E-state index contributed by atoms with van der Waals surface area (Å²) in [6.07, 6.45) is 5.21. The second-order valence-corrected chi connectivity index (χ2v) is 4.82. The number of aromatic nitrogens is 1. The fourth-order valence-corrected chi connectivity index (χ4v) is 2.14. The van der Waals surface area contributed by atoms with Crippen LogP contribution < -0.4 is 0 Å². The van der Waals surface area contributed by atoms with E-state index in [1.54, 1.807) is 0 Å². The molecule has 1 aromatic heterocycles. The molecule has 0 saturated carbocycles. The number of benzene rings is 1. The highest BCUT2D eigenvalue weighted by Crippen LogP contribution is 2.21. The van der Waals surface area contributed by atoms with E-state index in [0.29, 0.717) is 5.92 Å². The van der Waals surface area contributed by atoms with Gasteiger partial charge in [0, 0.05) is 5.39 Å². The Kier molecular flexibility index (Phi) is 3.58. The molecule has 0 atom stereocenters. The topological polar surface area (TPSA) is 12.9 Å². The van der Waals surface area contributed by atoms with Gasteiger partial charge >= 0.3 is 0 Å². The normalized spacial score (nSPS) is 11.8. The first-order valence-electron chi connectivity index (χ1n) is 6.22. The van der Waals surface area contributed by atoms with Crippen LogP contribution in [0.3, 0.4) is 0 Å². The second-order valence-electron chi connectivity index (χ2n) is 4.82. The van der Waals surface area contributed by atoms with E-state index in [1.807, 2.05) is 19.1 Å². The predicted molar refractivity (Wildman–Crippen MR) is 75.0 cm³/mol. The molecule has 2 rings (SSSR count). The Balaban J connectivity index is 2.60. The third kappa shape index (κ3) is 2.73. The molecule has 0 bridgehead atoms. The number of hydrogen-bond acceptors (Lipinski definition) is 1. The average Bonchev–Trinajstić information content (AvgIpc) is 2.29. The summed E-state index contributed by atoms with van der Waals surface area (Å²) in [6, 6.07) is 10.6. The average molecular weight is 225 g/mol. The molecule has 1 heteroatoms. The van der Waals surface area contributed by atoms with Crippen LogP contribution in [0, 0.1) is 5.92 Å². The molecule has 0 fully saturated rings. The molecule has 1 heterocycles. The Labute approximate surface area is 103 Å². The molecule has 0 aliphatic rings. The van der Waals surface area contributed by atoms with Crippen molar-refractivity contribution < 1.29 is 0 Å². The Morgan fingerprint density at radius 1 is 1.24 bits per heavy atom. The zero-order chi connectivity index (χ0) is 12.3. The molecule has 0 radical (unpaired) electrons. The Morgan fingerprint density at radius 2 is 2.00 bits per heavy atom. The molecule has 0 aliphatic carbocycles. The summed E-state index contributed by atoms with van der Waals surface area (Å²) in [5, 5.41) is 1.29. The first kappa shape index (κ1) is 11.8. The third-order valence-electron chi connectivity index (χ3n) is 2.79. The maximum absolute atomic E-state index is 4.65. The van der Waals surface area contributed by atoms with Gasteiger partial charge < -0.3 is 0 Å². The largest absolute Gasteiger partial charge is 0.248 e. The molecular weight excluding hydrogens is 206 g/mol. The van der Waals surface area contributed by atoms with Gasteiger partial charge in [-0.2, -0.15) is 0 Å². The van der Waals surface area contributed by atoms with Gasteiger partial charge in [-0.05, 0) is 43.0 Å². The van der Waals surface area contributed by atoms with Gasteiger partial charge in [-0.15, -0.1) is 0 Å². The van der Waals surface area contributed by atoms with E-state index in [9.17, 15) is 0 Å². The van der Waals surface area contributed by atoms with Crippen molar-refractivity contribution in [1.29, 1.82) is 0 Å². The van der Waals surface area contributed by atoms with Crippen LogP contribution in [0.4, 0.5) is 0 Å².